The van der Waals surface area contributed by atoms with Crippen LogP contribution in [0.2, 0.25) is 0 Å². The number of nitrogens with zero attached hydrogens (tertiary/aromatic N) is 2. The van der Waals surface area contributed by atoms with E-state index < -0.39 is 0 Å². The highest BCUT2D eigenvalue weighted by Gasteiger charge is 1.91. The van der Waals surface area contributed by atoms with Gasteiger partial charge in [0.05, 0.1) is 11.8 Å². The van der Waals surface area contributed by atoms with Crippen molar-refractivity contribution in [3.8, 4) is 0 Å². The van der Waals surface area contributed by atoms with Gasteiger partial charge in [-0.3, -0.25) is 0 Å². The minimum absolute atomic E-state index is 0.705. The van der Waals surface area contributed by atoms with Gasteiger partial charge in [-0.1, -0.05) is 5.16 Å². The first-order valence-corrected chi connectivity index (χ1v) is 3.08. The number of hydrogen-bond donors (Lipinski definition) is 0. The fraction of sp³-hybridized carbons (Fsp3) is 0.143. The van der Waals surface area contributed by atoms with Crippen LogP contribution in [0.1, 0.15) is 5.56 Å². The van der Waals surface area contributed by atoms with E-state index in [-0.39, 0.29) is 0 Å². The molecule has 0 saturated carbocycles. The summed E-state index contributed by atoms with van der Waals surface area (Å²) in [5, 5.41) is 14.2. The van der Waals surface area contributed by atoms with E-state index in [0.29, 0.717) is 10.3 Å². The SMILES string of the molecule is CO/N=C/c1ccc[n+]([O-])c1. The molecule has 1 rings (SSSR count). The van der Waals surface area contributed by atoms with Crippen molar-refractivity contribution in [2.75, 3.05) is 7.11 Å². The van der Waals surface area contributed by atoms with Crippen molar-refractivity contribution in [1.82, 2.24) is 0 Å². The molecule has 0 atom stereocenters. The quantitative estimate of drug-likeness (QED) is 0.265. The number of aromatic nitrogens is 1. The highest BCUT2D eigenvalue weighted by molar-refractivity contribution is 5.77. The number of oxime groups is 1. The van der Waals surface area contributed by atoms with E-state index in [9.17, 15) is 5.21 Å². The van der Waals surface area contributed by atoms with Crippen LogP contribution in [0.25, 0.3) is 0 Å². The Labute approximate surface area is 64.3 Å². The molecule has 0 amide bonds. The van der Waals surface area contributed by atoms with Gasteiger partial charge in [-0.05, 0) is 6.07 Å². The van der Waals surface area contributed by atoms with Gasteiger partial charge < -0.3 is 10.0 Å². The molecule has 58 valence electrons. The maximum atomic E-state index is 10.7. The fourth-order valence-electron chi connectivity index (χ4n) is 0.662. The van der Waals surface area contributed by atoms with Crippen LogP contribution >= 0.6 is 0 Å². The lowest BCUT2D eigenvalue weighted by Gasteiger charge is -1.94. The first kappa shape index (κ1) is 7.53. The van der Waals surface area contributed by atoms with Crippen LogP contribution in [0.4, 0.5) is 0 Å². The molecule has 1 heterocycles. The van der Waals surface area contributed by atoms with Crippen LogP contribution in [0, 0.1) is 5.21 Å². The van der Waals surface area contributed by atoms with Crippen LogP contribution in [0.15, 0.2) is 29.7 Å². The molecule has 11 heavy (non-hydrogen) atoms. The second kappa shape index (κ2) is 3.55. The van der Waals surface area contributed by atoms with E-state index in [1.807, 2.05) is 0 Å². The molecule has 4 heteroatoms. The largest absolute Gasteiger partial charge is 0.619 e. The number of rotatable bonds is 2. The summed E-state index contributed by atoms with van der Waals surface area (Å²) in [4.78, 5) is 4.44. The Hall–Kier alpha value is -1.58. The normalized spacial score (nSPS) is 10.3. The Morgan fingerprint density at radius 3 is 3.18 bits per heavy atom. The van der Waals surface area contributed by atoms with Crippen molar-refractivity contribution in [2.45, 2.75) is 0 Å². The molecule has 0 saturated heterocycles. The van der Waals surface area contributed by atoms with Gasteiger partial charge in [0.25, 0.3) is 0 Å². The monoisotopic (exact) mass is 152 g/mol. The molecule has 4 nitrogen and oxygen atoms in total. The van der Waals surface area contributed by atoms with E-state index in [1.54, 1.807) is 12.1 Å². The highest BCUT2D eigenvalue weighted by atomic mass is 16.6. The molecule has 1 aromatic rings. The van der Waals surface area contributed by atoms with Crippen LogP contribution in [-0.4, -0.2) is 13.3 Å². The fourth-order valence-corrected chi connectivity index (χ4v) is 0.662. The van der Waals surface area contributed by atoms with E-state index >= 15 is 0 Å². The lowest BCUT2D eigenvalue weighted by atomic mass is 10.3. The second-order valence-corrected chi connectivity index (χ2v) is 1.91. The van der Waals surface area contributed by atoms with Gasteiger partial charge in [0.2, 0.25) is 0 Å². The van der Waals surface area contributed by atoms with E-state index in [4.69, 9.17) is 0 Å². The van der Waals surface area contributed by atoms with Gasteiger partial charge in [0.1, 0.15) is 7.11 Å². The average molecular weight is 152 g/mol. The van der Waals surface area contributed by atoms with Crippen LogP contribution in [0.5, 0.6) is 0 Å². The average Bonchev–Trinajstić information content (AvgIpc) is 2.01. The highest BCUT2D eigenvalue weighted by Crippen LogP contribution is 1.88. The topological polar surface area (TPSA) is 48.5 Å². The molecule has 0 aliphatic carbocycles. The summed E-state index contributed by atoms with van der Waals surface area (Å²) in [5.74, 6) is 0. The minimum atomic E-state index is 0.705. The third-order valence-corrected chi connectivity index (χ3v) is 1.11. The van der Waals surface area contributed by atoms with Crippen molar-refractivity contribution in [1.29, 1.82) is 0 Å². The van der Waals surface area contributed by atoms with Gasteiger partial charge in [-0.15, -0.1) is 0 Å². The van der Waals surface area contributed by atoms with E-state index in [2.05, 4.69) is 9.99 Å². The Morgan fingerprint density at radius 1 is 1.73 bits per heavy atom. The molecule has 0 aliphatic heterocycles. The molecule has 0 radical (unpaired) electrons. The summed E-state index contributed by atoms with van der Waals surface area (Å²) >= 11 is 0. The Morgan fingerprint density at radius 2 is 2.55 bits per heavy atom. The first-order valence-electron chi connectivity index (χ1n) is 3.08. The molecular weight excluding hydrogens is 144 g/mol. The molecule has 0 N–H and O–H groups in total. The van der Waals surface area contributed by atoms with Crippen LogP contribution in [-0.2, 0) is 4.84 Å². The first-order chi connectivity index (χ1) is 5.33. The molecule has 0 unspecified atom stereocenters. The predicted octanol–water partition coefficient (Wildman–Crippen LogP) is 0.300. The summed E-state index contributed by atoms with van der Waals surface area (Å²) in [6.07, 6.45) is 4.28. The van der Waals surface area contributed by atoms with Crippen molar-refractivity contribution < 1.29 is 9.57 Å². The summed E-state index contributed by atoms with van der Waals surface area (Å²) in [5.41, 5.74) is 0.712. The van der Waals surface area contributed by atoms with Gasteiger partial charge in [-0.25, -0.2) is 0 Å². The molecule has 0 spiro atoms. The summed E-state index contributed by atoms with van der Waals surface area (Å²) < 4.78 is 0.705. The summed E-state index contributed by atoms with van der Waals surface area (Å²) in [6, 6.07) is 3.40. The summed E-state index contributed by atoms with van der Waals surface area (Å²) in [7, 11) is 1.45. The molecule has 0 aromatic carbocycles. The molecule has 0 fully saturated rings. The Bertz CT molecular complexity index is 260. The second-order valence-electron chi connectivity index (χ2n) is 1.91. The van der Waals surface area contributed by atoms with Gasteiger partial charge in [0.15, 0.2) is 12.4 Å². The third-order valence-electron chi connectivity index (χ3n) is 1.11. The van der Waals surface area contributed by atoms with Gasteiger partial charge >= 0.3 is 0 Å². The van der Waals surface area contributed by atoms with Gasteiger partial charge in [-0.2, -0.15) is 4.73 Å². The van der Waals surface area contributed by atoms with Crippen molar-refractivity contribution >= 4 is 6.21 Å². The van der Waals surface area contributed by atoms with Crippen LogP contribution < -0.4 is 4.73 Å². The van der Waals surface area contributed by atoms with Gasteiger partial charge in [0, 0.05) is 6.07 Å². The molecule has 0 aliphatic rings. The third kappa shape index (κ3) is 2.25. The minimum Gasteiger partial charge on any atom is -0.619 e. The van der Waals surface area contributed by atoms with E-state index in [1.165, 1.54) is 25.7 Å². The zero-order valence-electron chi connectivity index (χ0n) is 6.10. The Kier molecular flexibility index (Phi) is 2.43. The molecule has 0 bridgehead atoms. The summed E-state index contributed by atoms with van der Waals surface area (Å²) in [6.45, 7) is 0. The lowest BCUT2D eigenvalue weighted by Crippen LogP contribution is -2.24. The van der Waals surface area contributed by atoms with Crippen molar-refractivity contribution in [3.63, 3.8) is 0 Å². The van der Waals surface area contributed by atoms with Crippen LogP contribution in [0.3, 0.4) is 0 Å². The van der Waals surface area contributed by atoms with Crippen molar-refractivity contribution in [3.05, 3.63) is 35.3 Å². The number of hydrogen-bond acceptors (Lipinski definition) is 3. The zero-order valence-corrected chi connectivity index (χ0v) is 6.10. The molecule has 1 aromatic heterocycles. The van der Waals surface area contributed by atoms with Crippen molar-refractivity contribution in [2.24, 2.45) is 5.16 Å². The predicted molar refractivity (Wildman–Crippen MR) is 40.0 cm³/mol. The lowest BCUT2D eigenvalue weighted by molar-refractivity contribution is -0.605. The maximum Gasteiger partial charge on any atom is 0.189 e. The van der Waals surface area contributed by atoms with E-state index in [0.717, 1.165) is 0 Å². The zero-order chi connectivity index (χ0) is 8.10. The Balaban J connectivity index is 2.79. The maximum absolute atomic E-state index is 10.7. The standard InChI is InChI=1S/C7H8N2O2/c1-11-8-5-7-3-2-4-9(10)6-7/h2-6H,1H3/b8-5+. The molecular formula is C7H8N2O2. The smallest absolute Gasteiger partial charge is 0.189 e. The number of pyridine rings is 1.